The summed E-state index contributed by atoms with van der Waals surface area (Å²) >= 11 is 3.24. The Bertz CT molecular complexity index is 554. The first kappa shape index (κ1) is 16.0. The highest BCUT2D eigenvalue weighted by Crippen LogP contribution is 2.20. The summed E-state index contributed by atoms with van der Waals surface area (Å²) in [7, 11) is 0. The lowest BCUT2D eigenvalue weighted by molar-refractivity contribution is -0.141. The molecule has 106 valence electrons. The summed E-state index contributed by atoms with van der Waals surface area (Å²) < 4.78 is 0.746. The summed E-state index contributed by atoms with van der Waals surface area (Å²) in [6, 6.07) is 6.43. The Morgan fingerprint density at radius 2 is 2.20 bits per heavy atom. The van der Waals surface area contributed by atoms with Crippen molar-refractivity contribution in [2.45, 2.75) is 13.3 Å². The Kier molecular flexibility index (Phi) is 6.00. The third-order valence-electron chi connectivity index (χ3n) is 2.63. The molecule has 3 N–H and O–H groups in total. The summed E-state index contributed by atoms with van der Waals surface area (Å²) in [6.45, 7) is 1.82. The molecule has 0 saturated carbocycles. The maximum Gasteiger partial charge on any atom is 0.319 e. The molecule has 7 heteroatoms. The zero-order chi connectivity index (χ0) is 15.1. The maximum atomic E-state index is 11.6. The van der Waals surface area contributed by atoms with E-state index in [0.29, 0.717) is 17.7 Å². The standard InChI is InChI=1S/C13H14BrN3O3/c1-8(12(18)19)4-5-16-13(20)17-11-3-2-10(14)6-9(11)7-15/h2-3,6,8H,4-5H2,1H3,(H,18,19)(H2,16,17,20). The molecule has 0 spiro atoms. The van der Waals surface area contributed by atoms with Crippen LogP contribution in [0, 0.1) is 17.2 Å². The monoisotopic (exact) mass is 339 g/mol. The summed E-state index contributed by atoms with van der Waals surface area (Å²) in [5, 5.41) is 22.8. The van der Waals surface area contributed by atoms with Crippen LogP contribution in [0.3, 0.4) is 0 Å². The fourth-order valence-corrected chi connectivity index (χ4v) is 1.77. The normalized spacial score (nSPS) is 11.2. The van der Waals surface area contributed by atoms with E-state index in [9.17, 15) is 9.59 Å². The minimum atomic E-state index is -0.896. The minimum absolute atomic E-state index is 0.248. The Morgan fingerprint density at radius 1 is 1.50 bits per heavy atom. The number of nitrogens with one attached hydrogen (secondary N) is 2. The second kappa shape index (κ2) is 7.50. The number of aliphatic carboxylic acids is 1. The van der Waals surface area contributed by atoms with Crippen molar-refractivity contribution in [3.8, 4) is 6.07 Å². The lowest BCUT2D eigenvalue weighted by atomic mass is 10.1. The van der Waals surface area contributed by atoms with Gasteiger partial charge in [0.15, 0.2) is 0 Å². The van der Waals surface area contributed by atoms with Gasteiger partial charge in [0, 0.05) is 11.0 Å². The van der Waals surface area contributed by atoms with Crippen molar-refractivity contribution in [2.24, 2.45) is 5.92 Å². The van der Waals surface area contributed by atoms with Crippen LogP contribution in [0.1, 0.15) is 18.9 Å². The first-order chi connectivity index (χ1) is 9.43. The molecule has 1 rings (SSSR count). The highest BCUT2D eigenvalue weighted by atomic mass is 79.9. The zero-order valence-corrected chi connectivity index (χ0v) is 12.4. The highest BCUT2D eigenvalue weighted by Gasteiger charge is 2.11. The average molecular weight is 340 g/mol. The van der Waals surface area contributed by atoms with Crippen LogP contribution in [-0.2, 0) is 4.79 Å². The molecule has 0 aliphatic carbocycles. The number of carbonyl (C=O) groups is 2. The Hall–Kier alpha value is -2.07. The molecule has 0 saturated heterocycles. The number of urea groups is 1. The molecular formula is C13H14BrN3O3. The molecule has 1 unspecified atom stereocenters. The van der Waals surface area contributed by atoms with Gasteiger partial charge in [0.1, 0.15) is 6.07 Å². The number of rotatable bonds is 5. The van der Waals surface area contributed by atoms with E-state index in [1.807, 2.05) is 6.07 Å². The van der Waals surface area contributed by atoms with Crippen LogP contribution in [0.25, 0.3) is 0 Å². The Morgan fingerprint density at radius 3 is 2.80 bits per heavy atom. The number of benzene rings is 1. The largest absolute Gasteiger partial charge is 0.481 e. The molecule has 0 bridgehead atoms. The van der Waals surface area contributed by atoms with E-state index in [-0.39, 0.29) is 6.54 Å². The molecule has 0 aliphatic rings. The zero-order valence-electron chi connectivity index (χ0n) is 10.8. The van der Waals surface area contributed by atoms with Crippen molar-refractivity contribution >= 4 is 33.6 Å². The SMILES string of the molecule is CC(CCNC(=O)Nc1ccc(Br)cc1C#N)C(=O)O. The van der Waals surface area contributed by atoms with Crippen LogP contribution < -0.4 is 10.6 Å². The number of amides is 2. The first-order valence-electron chi connectivity index (χ1n) is 5.91. The molecule has 0 radical (unpaired) electrons. The Labute approximate surface area is 124 Å². The number of carboxylic acid groups (broad SMARTS) is 1. The van der Waals surface area contributed by atoms with Crippen molar-refractivity contribution in [3.05, 3.63) is 28.2 Å². The van der Waals surface area contributed by atoms with Gasteiger partial charge in [-0.1, -0.05) is 22.9 Å². The fraction of sp³-hybridized carbons (Fsp3) is 0.308. The highest BCUT2D eigenvalue weighted by molar-refractivity contribution is 9.10. The minimum Gasteiger partial charge on any atom is -0.481 e. The molecular weight excluding hydrogens is 326 g/mol. The lowest BCUT2D eigenvalue weighted by Gasteiger charge is -2.10. The molecule has 0 fully saturated rings. The molecule has 1 aromatic rings. The predicted molar refractivity (Wildman–Crippen MR) is 77.3 cm³/mol. The van der Waals surface area contributed by atoms with Gasteiger partial charge in [0.2, 0.25) is 0 Å². The number of nitriles is 1. The first-order valence-corrected chi connectivity index (χ1v) is 6.70. The van der Waals surface area contributed by atoms with Crippen LogP contribution in [-0.4, -0.2) is 23.7 Å². The number of carbonyl (C=O) groups excluding carboxylic acids is 1. The molecule has 1 atom stereocenters. The number of anilines is 1. The van der Waals surface area contributed by atoms with E-state index < -0.39 is 17.9 Å². The van der Waals surface area contributed by atoms with Gasteiger partial charge in [-0.3, -0.25) is 4.79 Å². The van der Waals surface area contributed by atoms with Gasteiger partial charge in [0.25, 0.3) is 0 Å². The molecule has 20 heavy (non-hydrogen) atoms. The van der Waals surface area contributed by atoms with Gasteiger partial charge in [-0.2, -0.15) is 5.26 Å². The molecule has 0 aromatic heterocycles. The lowest BCUT2D eigenvalue weighted by Crippen LogP contribution is -2.31. The summed E-state index contributed by atoms with van der Waals surface area (Å²) in [4.78, 5) is 22.2. The average Bonchev–Trinajstić information content (AvgIpc) is 2.40. The van der Waals surface area contributed by atoms with Crippen molar-refractivity contribution in [1.29, 1.82) is 5.26 Å². The summed E-state index contributed by atoms with van der Waals surface area (Å²) in [5.74, 6) is -1.41. The van der Waals surface area contributed by atoms with Gasteiger partial charge < -0.3 is 15.7 Å². The van der Waals surface area contributed by atoms with Crippen molar-refractivity contribution in [2.75, 3.05) is 11.9 Å². The van der Waals surface area contributed by atoms with Crippen LogP contribution in [0.5, 0.6) is 0 Å². The van der Waals surface area contributed by atoms with E-state index in [1.165, 1.54) is 0 Å². The van der Waals surface area contributed by atoms with Crippen molar-refractivity contribution in [1.82, 2.24) is 5.32 Å². The second-order valence-corrected chi connectivity index (χ2v) is 5.13. The van der Waals surface area contributed by atoms with Crippen LogP contribution in [0.15, 0.2) is 22.7 Å². The van der Waals surface area contributed by atoms with E-state index in [2.05, 4.69) is 26.6 Å². The van der Waals surface area contributed by atoms with Crippen LogP contribution >= 0.6 is 15.9 Å². The van der Waals surface area contributed by atoms with Gasteiger partial charge >= 0.3 is 12.0 Å². The molecule has 2 amide bonds. The third kappa shape index (κ3) is 4.90. The quantitative estimate of drug-likeness (QED) is 0.766. The van der Waals surface area contributed by atoms with E-state index in [1.54, 1.807) is 25.1 Å². The van der Waals surface area contributed by atoms with Gasteiger partial charge in [-0.25, -0.2) is 4.79 Å². The number of halogens is 1. The topological polar surface area (TPSA) is 102 Å². The van der Waals surface area contributed by atoms with Gasteiger partial charge in [-0.05, 0) is 24.6 Å². The maximum absolute atomic E-state index is 11.6. The van der Waals surface area contributed by atoms with E-state index in [4.69, 9.17) is 10.4 Å². The fourth-order valence-electron chi connectivity index (χ4n) is 1.41. The van der Waals surface area contributed by atoms with Gasteiger partial charge in [0.05, 0.1) is 17.2 Å². The Balaban J connectivity index is 2.51. The molecule has 0 aliphatic heterocycles. The number of hydrogen-bond donors (Lipinski definition) is 3. The van der Waals surface area contributed by atoms with Crippen LogP contribution in [0.4, 0.5) is 10.5 Å². The predicted octanol–water partition coefficient (Wildman–Crippen LogP) is 2.55. The summed E-state index contributed by atoms with van der Waals surface area (Å²) in [6.07, 6.45) is 0.341. The van der Waals surface area contributed by atoms with Crippen LogP contribution in [0.2, 0.25) is 0 Å². The van der Waals surface area contributed by atoms with E-state index >= 15 is 0 Å². The summed E-state index contributed by atoms with van der Waals surface area (Å²) in [5.41, 5.74) is 0.743. The van der Waals surface area contributed by atoms with E-state index in [0.717, 1.165) is 4.47 Å². The number of hydrogen-bond acceptors (Lipinski definition) is 3. The molecule has 1 aromatic carbocycles. The molecule has 0 heterocycles. The number of carboxylic acids is 1. The number of nitrogens with zero attached hydrogens (tertiary/aromatic N) is 1. The molecule has 6 nitrogen and oxygen atoms in total. The van der Waals surface area contributed by atoms with Crippen molar-refractivity contribution < 1.29 is 14.7 Å². The smallest absolute Gasteiger partial charge is 0.319 e. The third-order valence-corrected chi connectivity index (χ3v) is 3.13. The van der Waals surface area contributed by atoms with Crippen molar-refractivity contribution in [3.63, 3.8) is 0 Å². The van der Waals surface area contributed by atoms with Gasteiger partial charge in [-0.15, -0.1) is 0 Å². The second-order valence-electron chi connectivity index (χ2n) is 4.21.